The van der Waals surface area contributed by atoms with Crippen LogP contribution in [0.2, 0.25) is 0 Å². The van der Waals surface area contributed by atoms with Gasteiger partial charge < -0.3 is 25.4 Å². The van der Waals surface area contributed by atoms with Crippen molar-refractivity contribution >= 4 is 17.3 Å². The third kappa shape index (κ3) is 4.55. The maximum Gasteiger partial charge on any atom is 0.228 e. The lowest BCUT2D eigenvalue weighted by Gasteiger charge is -2.44. The highest BCUT2D eigenvalue weighted by Gasteiger charge is 2.53. The minimum atomic E-state index is -0.843. The molecule has 1 unspecified atom stereocenters. The smallest absolute Gasteiger partial charge is 0.228 e. The summed E-state index contributed by atoms with van der Waals surface area (Å²) in [6.07, 6.45) is 11.5. The number of nitrogens with one attached hydrogen (secondary N) is 3. The second-order valence-corrected chi connectivity index (χ2v) is 10.4. The van der Waals surface area contributed by atoms with Crippen molar-refractivity contribution < 1.29 is 14.3 Å². The van der Waals surface area contributed by atoms with Crippen LogP contribution in [0, 0.1) is 11.8 Å². The van der Waals surface area contributed by atoms with Gasteiger partial charge >= 0.3 is 0 Å². The zero-order valence-electron chi connectivity index (χ0n) is 21.1. The normalized spacial score (nSPS) is 20.7. The lowest BCUT2D eigenvalue weighted by atomic mass is 9.70. The van der Waals surface area contributed by atoms with Gasteiger partial charge in [-0.3, -0.25) is 4.79 Å². The molecule has 0 bridgehead atoms. The Labute approximate surface area is 209 Å². The monoisotopic (exact) mass is 477 g/mol. The summed E-state index contributed by atoms with van der Waals surface area (Å²) in [4.78, 5) is 14.3. The molecule has 188 valence electrons. The number of para-hydroxylation sites is 3. The van der Waals surface area contributed by atoms with Crippen LogP contribution in [0.5, 0.6) is 11.5 Å². The molecule has 2 aromatic carbocycles. The van der Waals surface area contributed by atoms with Crippen LogP contribution in [0.15, 0.2) is 42.5 Å². The Morgan fingerprint density at radius 3 is 2.09 bits per heavy atom. The van der Waals surface area contributed by atoms with Crippen LogP contribution in [0.3, 0.4) is 0 Å². The molecule has 1 atom stereocenters. The fourth-order valence-corrected chi connectivity index (χ4v) is 6.58. The fourth-order valence-electron chi connectivity index (χ4n) is 6.58. The fraction of sp³-hybridized carbons (Fsp3) is 0.552. The van der Waals surface area contributed by atoms with E-state index in [4.69, 9.17) is 9.47 Å². The largest absolute Gasteiger partial charge is 0.493 e. The van der Waals surface area contributed by atoms with Gasteiger partial charge in [-0.25, -0.2) is 0 Å². The van der Waals surface area contributed by atoms with Crippen LogP contribution < -0.4 is 25.4 Å². The molecule has 0 spiro atoms. The Morgan fingerprint density at radius 2 is 1.49 bits per heavy atom. The molecule has 3 aliphatic rings. The summed E-state index contributed by atoms with van der Waals surface area (Å²) in [5.41, 5.74) is 2.07. The Balaban J connectivity index is 1.63. The van der Waals surface area contributed by atoms with Crippen molar-refractivity contribution in [1.82, 2.24) is 5.32 Å². The molecule has 0 radical (unpaired) electrons. The van der Waals surface area contributed by atoms with Gasteiger partial charge in [0.2, 0.25) is 5.91 Å². The van der Waals surface area contributed by atoms with Gasteiger partial charge in [-0.15, -0.1) is 0 Å². The highest BCUT2D eigenvalue weighted by molar-refractivity contribution is 5.87. The van der Waals surface area contributed by atoms with E-state index in [0.717, 1.165) is 55.5 Å². The Morgan fingerprint density at radius 1 is 0.857 bits per heavy atom. The van der Waals surface area contributed by atoms with E-state index in [0.29, 0.717) is 11.5 Å². The summed E-state index contributed by atoms with van der Waals surface area (Å²) in [7, 11) is 3.34. The molecule has 2 saturated carbocycles. The average molecular weight is 478 g/mol. The van der Waals surface area contributed by atoms with Crippen molar-refractivity contribution in [3.63, 3.8) is 0 Å². The second kappa shape index (κ2) is 10.4. The topological polar surface area (TPSA) is 71.6 Å². The van der Waals surface area contributed by atoms with Crippen LogP contribution >= 0.6 is 0 Å². The average Bonchev–Trinajstić information content (AvgIpc) is 3.29. The molecule has 0 aromatic heterocycles. The number of methoxy groups -OCH3 is 2. The van der Waals surface area contributed by atoms with Gasteiger partial charge in [-0.1, -0.05) is 62.8 Å². The first-order valence-electron chi connectivity index (χ1n) is 13.3. The number of anilines is 2. The lowest BCUT2D eigenvalue weighted by molar-refractivity contribution is -0.130. The van der Waals surface area contributed by atoms with Crippen molar-refractivity contribution in [1.29, 1.82) is 0 Å². The van der Waals surface area contributed by atoms with Crippen molar-refractivity contribution in [3.05, 3.63) is 48.0 Å². The van der Waals surface area contributed by atoms with E-state index in [2.05, 4.69) is 34.1 Å². The molecule has 2 fully saturated rings. The SMILES string of the molecule is COc1cccc(C2(C(C(=O)NC3CCCCC3)C3CCCCC3)Nc3ccccc3N2)c1OC. The minimum absolute atomic E-state index is 0.140. The summed E-state index contributed by atoms with van der Waals surface area (Å²) in [6, 6.07) is 14.4. The standard InChI is InChI=1S/C29H39N3O3/c1-34-25-19-11-16-22(27(25)35-2)29(31-23-17-9-10-18-24(23)32-29)26(20-12-5-3-6-13-20)28(33)30-21-14-7-4-8-15-21/h9-11,16-21,26,31-32H,3-8,12-15H2,1-2H3,(H,30,33). The molecule has 35 heavy (non-hydrogen) atoms. The Bertz CT molecular complexity index is 1000. The van der Waals surface area contributed by atoms with E-state index >= 15 is 0 Å². The zero-order valence-corrected chi connectivity index (χ0v) is 21.1. The summed E-state index contributed by atoms with van der Waals surface area (Å²) in [5, 5.41) is 11.1. The van der Waals surface area contributed by atoms with Crippen LogP contribution in [-0.4, -0.2) is 26.2 Å². The minimum Gasteiger partial charge on any atom is -0.493 e. The molecule has 6 nitrogen and oxygen atoms in total. The van der Waals surface area contributed by atoms with E-state index in [1.165, 1.54) is 25.7 Å². The summed E-state index contributed by atoms with van der Waals surface area (Å²) in [5.74, 6) is 1.42. The molecule has 0 saturated heterocycles. The third-order valence-corrected chi connectivity index (χ3v) is 8.24. The molecule has 1 heterocycles. The summed E-state index contributed by atoms with van der Waals surface area (Å²) in [6.45, 7) is 0. The first-order chi connectivity index (χ1) is 17.2. The van der Waals surface area contributed by atoms with E-state index in [1.807, 2.05) is 24.3 Å². The first kappa shape index (κ1) is 23.8. The molecule has 3 N–H and O–H groups in total. The second-order valence-electron chi connectivity index (χ2n) is 10.4. The number of amides is 1. The van der Waals surface area contributed by atoms with Crippen molar-refractivity contribution in [2.45, 2.75) is 75.9 Å². The maximum atomic E-state index is 14.3. The molecular formula is C29H39N3O3. The van der Waals surface area contributed by atoms with Gasteiger partial charge in [0.05, 0.1) is 31.5 Å². The summed E-state index contributed by atoms with van der Waals surface area (Å²) >= 11 is 0. The Kier molecular flexibility index (Phi) is 7.07. The molecule has 6 heteroatoms. The van der Waals surface area contributed by atoms with E-state index < -0.39 is 5.66 Å². The number of rotatable bonds is 7. The van der Waals surface area contributed by atoms with Crippen LogP contribution in [0.4, 0.5) is 11.4 Å². The number of fused-ring (bicyclic) bond motifs is 1. The highest BCUT2D eigenvalue weighted by Crippen LogP contribution is 2.52. The van der Waals surface area contributed by atoms with E-state index in [1.54, 1.807) is 14.2 Å². The van der Waals surface area contributed by atoms with Crippen LogP contribution in [0.25, 0.3) is 0 Å². The van der Waals surface area contributed by atoms with Crippen molar-refractivity contribution in [3.8, 4) is 11.5 Å². The van der Waals surface area contributed by atoms with E-state index in [-0.39, 0.29) is 23.8 Å². The quantitative estimate of drug-likeness (QED) is 0.453. The number of hydrogen-bond acceptors (Lipinski definition) is 5. The highest BCUT2D eigenvalue weighted by atomic mass is 16.5. The van der Waals surface area contributed by atoms with Gasteiger partial charge in [0.15, 0.2) is 17.2 Å². The predicted molar refractivity (Wildman–Crippen MR) is 140 cm³/mol. The molecule has 5 rings (SSSR count). The number of carbonyl (C=O) groups is 1. The first-order valence-corrected chi connectivity index (χ1v) is 13.3. The molecule has 1 aliphatic heterocycles. The van der Waals surface area contributed by atoms with Crippen LogP contribution in [0.1, 0.15) is 69.8 Å². The Hall–Kier alpha value is -2.89. The van der Waals surface area contributed by atoms with Gasteiger partial charge in [0.1, 0.15) is 0 Å². The number of hydrogen-bond donors (Lipinski definition) is 3. The van der Waals surface area contributed by atoms with Gasteiger partial charge in [0.25, 0.3) is 0 Å². The number of carbonyl (C=O) groups excluding carboxylic acids is 1. The number of benzene rings is 2. The summed E-state index contributed by atoms with van der Waals surface area (Å²) < 4.78 is 11.6. The van der Waals surface area contributed by atoms with E-state index in [9.17, 15) is 4.79 Å². The van der Waals surface area contributed by atoms with Gasteiger partial charge in [0, 0.05) is 11.6 Å². The van der Waals surface area contributed by atoms with Crippen molar-refractivity contribution in [2.75, 3.05) is 24.9 Å². The lowest BCUT2D eigenvalue weighted by Crippen LogP contribution is -2.57. The molecular weight excluding hydrogens is 438 g/mol. The molecule has 2 aliphatic carbocycles. The van der Waals surface area contributed by atoms with Gasteiger partial charge in [-0.2, -0.15) is 0 Å². The van der Waals surface area contributed by atoms with Gasteiger partial charge in [-0.05, 0) is 49.8 Å². The predicted octanol–water partition coefficient (Wildman–Crippen LogP) is 6.04. The third-order valence-electron chi connectivity index (χ3n) is 8.24. The maximum absolute atomic E-state index is 14.3. The number of ether oxygens (including phenoxy) is 2. The van der Waals surface area contributed by atoms with Crippen LogP contribution in [-0.2, 0) is 10.5 Å². The zero-order chi connectivity index (χ0) is 24.3. The molecule has 2 aromatic rings. The van der Waals surface area contributed by atoms with Crippen molar-refractivity contribution in [2.24, 2.45) is 11.8 Å². The molecule has 1 amide bonds.